The van der Waals surface area contributed by atoms with Crippen LogP contribution in [0.25, 0.3) is 0 Å². The molecule has 106 valence electrons. The van der Waals surface area contributed by atoms with Crippen molar-refractivity contribution in [1.82, 2.24) is 0 Å². The van der Waals surface area contributed by atoms with Crippen LogP contribution >= 0.6 is 15.9 Å². The number of hydrogen-bond acceptors (Lipinski definition) is 4. The van der Waals surface area contributed by atoms with Crippen molar-refractivity contribution in [3.8, 4) is 17.6 Å². The van der Waals surface area contributed by atoms with Crippen molar-refractivity contribution >= 4 is 21.6 Å². The van der Waals surface area contributed by atoms with Gasteiger partial charge in [-0.2, -0.15) is 5.26 Å². The Kier molecular flexibility index (Phi) is 4.14. The highest BCUT2D eigenvalue weighted by Gasteiger charge is 2.20. The molecule has 0 bridgehead atoms. The van der Waals surface area contributed by atoms with Crippen LogP contribution in [0, 0.1) is 33.1 Å². The quantitative estimate of drug-likeness (QED) is 0.608. The lowest BCUT2D eigenvalue weighted by atomic mass is 10.2. The lowest BCUT2D eigenvalue weighted by molar-refractivity contribution is -0.385. The summed E-state index contributed by atoms with van der Waals surface area (Å²) in [4.78, 5) is 10.1. The third-order valence-electron chi connectivity index (χ3n) is 2.48. The monoisotopic (exact) mass is 354 g/mol. The van der Waals surface area contributed by atoms with E-state index in [0.29, 0.717) is 0 Å². The van der Waals surface area contributed by atoms with Gasteiger partial charge in [0, 0.05) is 12.1 Å². The Morgan fingerprint density at radius 1 is 1.19 bits per heavy atom. The van der Waals surface area contributed by atoms with Gasteiger partial charge in [0.25, 0.3) is 0 Å². The topological polar surface area (TPSA) is 76.2 Å². The summed E-state index contributed by atoms with van der Waals surface area (Å²) in [5, 5.41) is 19.5. The summed E-state index contributed by atoms with van der Waals surface area (Å²) in [7, 11) is 0. The van der Waals surface area contributed by atoms with Crippen molar-refractivity contribution in [2.45, 2.75) is 0 Å². The lowest BCUT2D eigenvalue weighted by Crippen LogP contribution is -1.96. The number of benzene rings is 2. The van der Waals surface area contributed by atoms with E-state index in [4.69, 9.17) is 10.00 Å². The summed E-state index contributed by atoms with van der Waals surface area (Å²) >= 11 is 2.82. The molecule has 0 saturated heterocycles. The van der Waals surface area contributed by atoms with Gasteiger partial charge in [-0.05, 0) is 34.1 Å². The van der Waals surface area contributed by atoms with Gasteiger partial charge in [-0.15, -0.1) is 0 Å². The number of nitriles is 1. The van der Waals surface area contributed by atoms with Crippen LogP contribution in [0.15, 0.2) is 34.8 Å². The van der Waals surface area contributed by atoms with Crippen molar-refractivity contribution in [2.24, 2.45) is 0 Å². The Balaban J connectivity index is 2.46. The standard InChI is InChI=1S/C13H5BrF2N2O3/c14-8-4-11(18(19)20)13(5-9(8)15)21-12-2-1-7(6-17)3-10(12)16/h1-5H. The van der Waals surface area contributed by atoms with Crippen LogP contribution in [0.2, 0.25) is 0 Å². The third kappa shape index (κ3) is 3.14. The zero-order valence-electron chi connectivity index (χ0n) is 10.1. The number of nitrogens with zero attached hydrogens (tertiary/aromatic N) is 2. The van der Waals surface area contributed by atoms with Crippen LogP contribution in [0.1, 0.15) is 5.56 Å². The van der Waals surface area contributed by atoms with E-state index in [1.807, 2.05) is 0 Å². The first-order chi connectivity index (χ1) is 9.92. The first-order valence-electron chi connectivity index (χ1n) is 5.43. The van der Waals surface area contributed by atoms with Gasteiger partial charge in [0.15, 0.2) is 11.6 Å². The number of nitro benzene ring substituents is 1. The third-order valence-corrected chi connectivity index (χ3v) is 3.09. The second kappa shape index (κ2) is 5.85. The second-order valence-electron chi connectivity index (χ2n) is 3.85. The summed E-state index contributed by atoms with van der Waals surface area (Å²) in [6.07, 6.45) is 0. The molecule has 0 radical (unpaired) electrons. The highest BCUT2D eigenvalue weighted by atomic mass is 79.9. The van der Waals surface area contributed by atoms with Crippen molar-refractivity contribution in [3.63, 3.8) is 0 Å². The average molecular weight is 355 g/mol. The fourth-order valence-electron chi connectivity index (χ4n) is 1.51. The summed E-state index contributed by atoms with van der Waals surface area (Å²) in [5.74, 6) is -2.46. The van der Waals surface area contributed by atoms with Gasteiger partial charge in [0.2, 0.25) is 5.75 Å². The minimum absolute atomic E-state index is 0.0661. The maximum absolute atomic E-state index is 13.7. The molecule has 0 fully saturated rings. The van der Waals surface area contributed by atoms with E-state index in [9.17, 15) is 18.9 Å². The first-order valence-corrected chi connectivity index (χ1v) is 6.22. The molecular formula is C13H5BrF2N2O3. The maximum atomic E-state index is 13.7. The van der Waals surface area contributed by atoms with Crippen LogP contribution in [-0.4, -0.2) is 4.92 Å². The molecule has 8 heteroatoms. The Labute approximate surface area is 125 Å². The second-order valence-corrected chi connectivity index (χ2v) is 4.70. The van der Waals surface area contributed by atoms with Crippen molar-refractivity contribution in [2.75, 3.05) is 0 Å². The number of ether oxygens (including phenoxy) is 1. The largest absolute Gasteiger partial charge is 0.447 e. The summed E-state index contributed by atoms with van der Waals surface area (Å²) in [6, 6.07) is 6.76. The number of rotatable bonds is 3. The molecule has 0 unspecified atom stereocenters. The van der Waals surface area contributed by atoms with E-state index in [0.717, 1.165) is 24.3 Å². The SMILES string of the molecule is N#Cc1ccc(Oc2cc(F)c(Br)cc2[N+](=O)[O-])c(F)c1. The van der Waals surface area contributed by atoms with Crippen LogP contribution < -0.4 is 4.74 Å². The number of halogens is 3. The Bertz CT molecular complexity index is 775. The molecule has 0 aliphatic rings. The number of nitro groups is 1. The van der Waals surface area contributed by atoms with E-state index in [2.05, 4.69) is 15.9 Å². The molecular weight excluding hydrogens is 350 g/mol. The molecule has 2 aromatic carbocycles. The van der Waals surface area contributed by atoms with Gasteiger partial charge in [-0.3, -0.25) is 10.1 Å². The van der Waals surface area contributed by atoms with Crippen molar-refractivity contribution in [1.29, 1.82) is 5.26 Å². The molecule has 5 nitrogen and oxygen atoms in total. The molecule has 0 N–H and O–H groups in total. The summed E-state index contributed by atoms with van der Waals surface area (Å²) < 4.78 is 32.1. The highest BCUT2D eigenvalue weighted by molar-refractivity contribution is 9.10. The van der Waals surface area contributed by atoms with Crippen LogP contribution in [0.4, 0.5) is 14.5 Å². The average Bonchev–Trinajstić information content (AvgIpc) is 2.44. The molecule has 21 heavy (non-hydrogen) atoms. The molecule has 2 aromatic rings. The van der Waals surface area contributed by atoms with Crippen LogP contribution in [0.3, 0.4) is 0 Å². The molecule has 0 atom stereocenters. The van der Waals surface area contributed by atoms with E-state index < -0.39 is 28.0 Å². The molecule has 0 amide bonds. The van der Waals surface area contributed by atoms with Crippen molar-refractivity contribution in [3.05, 3.63) is 62.1 Å². The predicted octanol–water partition coefficient (Wildman–Crippen LogP) is 4.30. The molecule has 0 aromatic heterocycles. The van der Waals surface area contributed by atoms with E-state index in [1.165, 1.54) is 6.07 Å². The zero-order chi connectivity index (χ0) is 15.6. The highest BCUT2D eigenvalue weighted by Crippen LogP contribution is 2.36. The predicted molar refractivity (Wildman–Crippen MR) is 71.9 cm³/mol. The van der Waals surface area contributed by atoms with Gasteiger partial charge < -0.3 is 4.74 Å². The molecule has 0 heterocycles. The molecule has 0 saturated carbocycles. The Morgan fingerprint density at radius 3 is 2.48 bits per heavy atom. The minimum Gasteiger partial charge on any atom is -0.447 e. The smallest absolute Gasteiger partial charge is 0.312 e. The van der Waals surface area contributed by atoms with Gasteiger partial charge in [-0.25, -0.2) is 8.78 Å². The molecule has 0 aliphatic heterocycles. The summed E-state index contributed by atoms with van der Waals surface area (Å²) in [5.41, 5.74) is -0.455. The molecule has 0 aliphatic carbocycles. The fraction of sp³-hybridized carbons (Fsp3) is 0. The van der Waals surface area contributed by atoms with Gasteiger partial charge in [0.1, 0.15) is 5.82 Å². The fourth-order valence-corrected chi connectivity index (χ4v) is 1.85. The van der Waals surface area contributed by atoms with E-state index in [-0.39, 0.29) is 15.8 Å². The Morgan fingerprint density at radius 2 is 1.90 bits per heavy atom. The van der Waals surface area contributed by atoms with Gasteiger partial charge in [-0.1, -0.05) is 0 Å². The van der Waals surface area contributed by atoms with E-state index >= 15 is 0 Å². The lowest BCUT2D eigenvalue weighted by Gasteiger charge is -2.08. The van der Waals surface area contributed by atoms with Crippen molar-refractivity contribution < 1.29 is 18.4 Å². The normalized spacial score (nSPS) is 10.0. The maximum Gasteiger partial charge on any atom is 0.312 e. The first kappa shape index (κ1) is 14.9. The van der Waals surface area contributed by atoms with Crippen LogP contribution in [-0.2, 0) is 0 Å². The molecule has 2 rings (SSSR count). The van der Waals surface area contributed by atoms with Gasteiger partial charge >= 0.3 is 5.69 Å². The van der Waals surface area contributed by atoms with E-state index in [1.54, 1.807) is 6.07 Å². The number of hydrogen-bond donors (Lipinski definition) is 0. The van der Waals surface area contributed by atoms with Gasteiger partial charge in [0.05, 0.1) is 21.0 Å². The Hall–Kier alpha value is -2.53. The zero-order valence-corrected chi connectivity index (χ0v) is 11.7. The molecule has 0 spiro atoms. The summed E-state index contributed by atoms with van der Waals surface area (Å²) in [6.45, 7) is 0. The minimum atomic E-state index is -0.883. The van der Waals surface area contributed by atoms with Crippen LogP contribution in [0.5, 0.6) is 11.5 Å².